The van der Waals surface area contributed by atoms with Crippen molar-refractivity contribution in [3.05, 3.63) is 17.9 Å². The molecule has 0 unspecified atom stereocenters. The first-order valence-corrected chi connectivity index (χ1v) is 7.60. The maximum atomic E-state index is 12.0. The summed E-state index contributed by atoms with van der Waals surface area (Å²) in [5, 5.41) is -0.220. The SMILES string of the molecule is CN(C)C1(CNS(=O)(=O)c2ccc(C=O)o2)CCC1. The number of likely N-dealkylation sites (N-methyl/N-ethyl adjacent to an activating group) is 1. The Balaban J connectivity index is 2.07. The van der Waals surface area contributed by atoms with E-state index in [1.54, 1.807) is 0 Å². The molecular formula is C12H18N2O4S. The summed E-state index contributed by atoms with van der Waals surface area (Å²) >= 11 is 0. The van der Waals surface area contributed by atoms with E-state index >= 15 is 0 Å². The monoisotopic (exact) mass is 286 g/mol. The number of hydrogen-bond donors (Lipinski definition) is 1. The summed E-state index contributed by atoms with van der Waals surface area (Å²) in [5.74, 6) is 0.00587. The van der Waals surface area contributed by atoms with Crippen LogP contribution < -0.4 is 4.72 Å². The standard InChI is InChI=1S/C12H18N2O4S/c1-14(2)12(6-3-7-12)9-13-19(16,17)11-5-4-10(8-15)18-11/h4-5,8,13H,3,6-7,9H2,1-2H3. The third kappa shape index (κ3) is 2.72. The Labute approximate surface area is 112 Å². The summed E-state index contributed by atoms with van der Waals surface area (Å²) in [6, 6.07) is 2.63. The van der Waals surface area contributed by atoms with Gasteiger partial charge in [-0.25, -0.2) is 13.1 Å². The van der Waals surface area contributed by atoms with Gasteiger partial charge in [0.05, 0.1) is 0 Å². The summed E-state index contributed by atoms with van der Waals surface area (Å²) in [7, 11) is 0.204. The van der Waals surface area contributed by atoms with Crippen molar-refractivity contribution in [1.29, 1.82) is 0 Å². The van der Waals surface area contributed by atoms with E-state index in [2.05, 4.69) is 9.62 Å². The highest BCUT2D eigenvalue weighted by Crippen LogP contribution is 2.35. The van der Waals surface area contributed by atoms with Crippen LogP contribution in [0.4, 0.5) is 0 Å². The fourth-order valence-electron chi connectivity index (χ4n) is 2.21. The quantitative estimate of drug-likeness (QED) is 0.784. The number of nitrogens with zero attached hydrogens (tertiary/aromatic N) is 1. The predicted octanol–water partition coefficient (Wildman–Crippen LogP) is 0.855. The van der Waals surface area contributed by atoms with Crippen LogP contribution in [0, 0.1) is 0 Å². The second-order valence-corrected chi connectivity index (χ2v) is 6.77. The molecule has 1 saturated carbocycles. The van der Waals surface area contributed by atoms with Crippen LogP contribution in [-0.4, -0.2) is 45.8 Å². The van der Waals surface area contributed by atoms with Crippen LogP contribution >= 0.6 is 0 Å². The maximum Gasteiger partial charge on any atom is 0.274 e. The third-order valence-electron chi connectivity index (χ3n) is 3.81. The van der Waals surface area contributed by atoms with E-state index in [0.29, 0.717) is 12.8 Å². The maximum absolute atomic E-state index is 12.0. The van der Waals surface area contributed by atoms with Gasteiger partial charge in [-0.1, -0.05) is 0 Å². The molecule has 0 saturated heterocycles. The van der Waals surface area contributed by atoms with Crippen LogP contribution in [0.3, 0.4) is 0 Å². The minimum atomic E-state index is -3.69. The molecule has 106 valence electrons. The van der Waals surface area contributed by atoms with Crippen molar-refractivity contribution in [3.63, 3.8) is 0 Å². The molecule has 1 aromatic heterocycles. The van der Waals surface area contributed by atoms with Gasteiger partial charge < -0.3 is 9.32 Å². The molecule has 0 amide bonds. The Morgan fingerprint density at radius 2 is 2.11 bits per heavy atom. The molecule has 2 rings (SSSR count). The average Bonchev–Trinajstić information content (AvgIpc) is 2.76. The van der Waals surface area contributed by atoms with Crippen molar-refractivity contribution in [2.75, 3.05) is 20.6 Å². The van der Waals surface area contributed by atoms with Crippen LogP contribution in [0.15, 0.2) is 21.6 Å². The van der Waals surface area contributed by atoms with E-state index in [1.165, 1.54) is 12.1 Å². The Hall–Kier alpha value is -1.18. The van der Waals surface area contributed by atoms with Crippen molar-refractivity contribution in [1.82, 2.24) is 9.62 Å². The fraction of sp³-hybridized carbons (Fsp3) is 0.583. The van der Waals surface area contributed by atoms with E-state index in [1.807, 2.05) is 14.1 Å². The molecular weight excluding hydrogens is 268 g/mol. The summed E-state index contributed by atoms with van der Waals surface area (Å²) in [6.45, 7) is 0.347. The summed E-state index contributed by atoms with van der Waals surface area (Å²) in [5.41, 5.74) is -0.104. The normalized spacial score (nSPS) is 18.3. The first kappa shape index (κ1) is 14.2. The van der Waals surface area contributed by atoms with Crippen LogP contribution in [0.25, 0.3) is 0 Å². The van der Waals surface area contributed by atoms with Gasteiger partial charge in [0, 0.05) is 12.1 Å². The number of nitrogens with one attached hydrogen (secondary N) is 1. The highest BCUT2D eigenvalue weighted by molar-refractivity contribution is 7.89. The lowest BCUT2D eigenvalue weighted by Gasteiger charge is -2.47. The molecule has 0 bridgehead atoms. The molecule has 0 aliphatic heterocycles. The topological polar surface area (TPSA) is 79.6 Å². The summed E-state index contributed by atoms with van der Waals surface area (Å²) in [6.07, 6.45) is 3.53. The largest absolute Gasteiger partial charge is 0.440 e. The van der Waals surface area contributed by atoms with Crippen LogP contribution in [0.5, 0.6) is 0 Å². The zero-order valence-electron chi connectivity index (χ0n) is 11.0. The van der Waals surface area contributed by atoms with Crippen molar-refractivity contribution in [2.24, 2.45) is 0 Å². The van der Waals surface area contributed by atoms with Gasteiger partial charge in [-0.05, 0) is 45.5 Å². The van der Waals surface area contributed by atoms with Gasteiger partial charge in [0.25, 0.3) is 10.0 Å². The molecule has 7 heteroatoms. The fourth-order valence-corrected chi connectivity index (χ4v) is 3.26. The molecule has 1 heterocycles. The smallest absolute Gasteiger partial charge is 0.274 e. The minimum absolute atomic E-state index is 0.00587. The molecule has 0 atom stereocenters. The Kier molecular flexibility index (Phi) is 3.80. The number of rotatable bonds is 6. The number of hydrogen-bond acceptors (Lipinski definition) is 5. The van der Waals surface area contributed by atoms with E-state index in [9.17, 15) is 13.2 Å². The second-order valence-electron chi connectivity index (χ2n) is 5.07. The molecule has 1 N–H and O–H groups in total. The average molecular weight is 286 g/mol. The summed E-state index contributed by atoms with van der Waals surface area (Å²) in [4.78, 5) is 12.5. The number of sulfonamides is 1. The van der Waals surface area contributed by atoms with Crippen molar-refractivity contribution in [3.8, 4) is 0 Å². The molecule has 0 radical (unpaired) electrons. The van der Waals surface area contributed by atoms with Crippen molar-refractivity contribution < 1.29 is 17.6 Å². The number of carbonyl (C=O) groups is 1. The van der Waals surface area contributed by atoms with E-state index < -0.39 is 10.0 Å². The molecule has 1 aromatic rings. The van der Waals surface area contributed by atoms with Gasteiger partial charge in [0.15, 0.2) is 12.0 Å². The molecule has 0 spiro atoms. The van der Waals surface area contributed by atoms with E-state index in [-0.39, 0.29) is 16.4 Å². The summed E-state index contributed by atoms with van der Waals surface area (Å²) < 4.78 is 31.6. The molecule has 1 aliphatic carbocycles. The van der Waals surface area contributed by atoms with Gasteiger partial charge in [-0.3, -0.25) is 4.79 Å². The predicted molar refractivity (Wildman–Crippen MR) is 69.6 cm³/mol. The van der Waals surface area contributed by atoms with Gasteiger partial charge in [0.1, 0.15) is 0 Å². The van der Waals surface area contributed by atoms with Crippen LogP contribution in [0.1, 0.15) is 29.8 Å². The second kappa shape index (κ2) is 5.07. The Morgan fingerprint density at radius 1 is 1.42 bits per heavy atom. The van der Waals surface area contributed by atoms with E-state index in [0.717, 1.165) is 19.3 Å². The number of furan rings is 1. The molecule has 19 heavy (non-hydrogen) atoms. The van der Waals surface area contributed by atoms with Crippen molar-refractivity contribution >= 4 is 16.3 Å². The minimum Gasteiger partial charge on any atom is -0.440 e. The van der Waals surface area contributed by atoms with Gasteiger partial charge >= 0.3 is 0 Å². The Bertz CT molecular complexity index is 558. The van der Waals surface area contributed by atoms with Gasteiger partial charge in [0.2, 0.25) is 5.09 Å². The lowest BCUT2D eigenvalue weighted by molar-refractivity contribution is 0.0655. The highest BCUT2D eigenvalue weighted by Gasteiger charge is 2.40. The first-order chi connectivity index (χ1) is 8.89. The van der Waals surface area contributed by atoms with Crippen molar-refractivity contribution in [2.45, 2.75) is 29.9 Å². The van der Waals surface area contributed by atoms with Gasteiger partial charge in [-0.2, -0.15) is 0 Å². The lowest BCUT2D eigenvalue weighted by Crippen LogP contribution is -2.57. The Morgan fingerprint density at radius 3 is 2.53 bits per heavy atom. The zero-order chi connectivity index (χ0) is 14.1. The molecule has 6 nitrogen and oxygen atoms in total. The third-order valence-corrected chi connectivity index (χ3v) is 5.08. The first-order valence-electron chi connectivity index (χ1n) is 6.12. The lowest BCUT2D eigenvalue weighted by atomic mass is 9.76. The molecule has 1 fully saturated rings. The molecule has 0 aromatic carbocycles. The van der Waals surface area contributed by atoms with E-state index in [4.69, 9.17) is 4.42 Å². The zero-order valence-corrected chi connectivity index (χ0v) is 11.9. The van der Waals surface area contributed by atoms with Crippen LogP contribution in [0.2, 0.25) is 0 Å². The van der Waals surface area contributed by atoms with Gasteiger partial charge in [-0.15, -0.1) is 0 Å². The highest BCUT2D eigenvalue weighted by atomic mass is 32.2. The molecule has 1 aliphatic rings. The van der Waals surface area contributed by atoms with Crippen LogP contribution in [-0.2, 0) is 10.0 Å². The number of carbonyl (C=O) groups excluding carboxylic acids is 1. The number of aldehydes is 1.